The van der Waals surface area contributed by atoms with Crippen LogP contribution in [0.25, 0.3) is 0 Å². The van der Waals surface area contributed by atoms with Gasteiger partial charge in [0.1, 0.15) is 11.6 Å². The van der Waals surface area contributed by atoms with Gasteiger partial charge in [0.2, 0.25) is 0 Å². The zero-order valence-electron chi connectivity index (χ0n) is 8.40. The van der Waals surface area contributed by atoms with Crippen LogP contribution in [0.3, 0.4) is 0 Å². The maximum atomic E-state index is 5.57. The van der Waals surface area contributed by atoms with Crippen LogP contribution in [0.1, 0.15) is 10.7 Å². The summed E-state index contributed by atoms with van der Waals surface area (Å²) in [4.78, 5) is 8.48. The van der Waals surface area contributed by atoms with Gasteiger partial charge in [-0.2, -0.15) is 0 Å². The van der Waals surface area contributed by atoms with Crippen LogP contribution in [0, 0.1) is 6.92 Å². The summed E-state index contributed by atoms with van der Waals surface area (Å²) < 4.78 is 0. The molecule has 15 heavy (non-hydrogen) atoms. The smallest absolute Gasteiger partial charge is 0.128 e. The van der Waals surface area contributed by atoms with Crippen LogP contribution in [0.5, 0.6) is 0 Å². The van der Waals surface area contributed by atoms with Crippen molar-refractivity contribution < 1.29 is 0 Å². The Kier molecular flexibility index (Phi) is 2.82. The molecule has 0 fully saturated rings. The number of hydrogen-bond donors (Lipinski definition) is 2. The molecule has 0 aliphatic carbocycles. The molecule has 4 nitrogen and oxygen atoms in total. The molecule has 0 radical (unpaired) electrons. The molecular formula is C10H12N4S. The molecule has 2 heterocycles. The number of anilines is 2. The molecule has 2 aromatic rings. The number of thiazole rings is 1. The Hall–Kier alpha value is -1.62. The van der Waals surface area contributed by atoms with Gasteiger partial charge >= 0.3 is 0 Å². The van der Waals surface area contributed by atoms with Gasteiger partial charge in [0.25, 0.3) is 0 Å². The molecule has 78 valence electrons. The summed E-state index contributed by atoms with van der Waals surface area (Å²) in [5, 5.41) is 6.28. The standard InChI is InChI=1S/C10H12N4S/c1-7-13-8(6-15-7)5-12-10-4-2-3-9(11)14-10/h2-4,6H,5H2,1H3,(H3,11,12,14). The molecule has 2 rings (SSSR count). The zero-order valence-corrected chi connectivity index (χ0v) is 9.21. The van der Waals surface area contributed by atoms with E-state index >= 15 is 0 Å². The van der Waals surface area contributed by atoms with Gasteiger partial charge in [-0.1, -0.05) is 6.07 Å². The predicted molar refractivity (Wildman–Crippen MR) is 62.8 cm³/mol. The lowest BCUT2D eigenvalue weighted by Gasteiger charge is -2.03. The van der Waals surface area contributed by atoms with Crippen LogP contribution in [0.15, 0.2) is 23.6 Å². The van der Waals surface area contributed by atoms with Crippen LogP contribution in [0.2, 0.25) is 0 Å². The average molecular weight is 220 g/mol. The van der Waals surface area contributed by atoms with Crippen molar-refractivity contribution in [2.75, 3.05) is 11.1 Å². The number of nitrogens with one attached hydrogen (secondary N) is 1. The molecule has 0 spiro atoms. The van der Waals surface area contributed by atoms with Gasteiger partial charge in [-0.25, -0.2) is 9.97 Å². The molecule has 0 atom stereocenters. The van der Waals surface area contributed by atoms with Crippen molar-refractivity contribution in [2.24, 2.45) is 0 Å². The lowest BCUT2D eigenvalue weighted by Crippen LogP contribution is -2.02. The first kappa shape index (κ1) is 9.92. The van der Waals surface area contributed by atoms with Crippen molar-refractivity contribution in [3.05, 3.63) is 34.3 Å². The van der Waals surface area contributed by atoms with Crippen LogP contribution < -0.4 is 11.1 Å². The monoisotopic (exact) mass is 220 g/mol. The largest absolute Gasteiger partial charge is 0.384 e. The number of rotatable bonds is 3. The van der Waals surface area contributed by atoms with Crippen molar-refractivity contribution in [1.29, 1.82) is 0 Å². The highest BCUT2D eigenvalue weighted by molar-refractivity contribution is 7.09. The molecule has 0 amide bonds. The van der Waals surface area contributed by atoms with Gasteiger partial charge in [0, 0.05) is 5.38 Å². The number of nitrogens with two attached hydrogens (primary N) is 1. The maximum Gasteiger partial charge on any atom is 0.128 e. The molecule has 0 unspecified atom stereocenters. The Bertz CT molecular complexity index is 452. The number of nitrogens with zero attached hydrogens (tertiary/aromatic N) is 2. The van der Waals surface area contributed by atoms with E-state index in [1.165, 1.54) is 0 Å². The molecule has 3 N–H and O–H groups in total. The third-order valence-electron chi connectivity index (χ3n) is 1.89. The first-order chi connectivity index (χ1) is 7.24. The van der Waals surface area contributed by atoms with Crippen molar-refractivity contribution in [2.45, 2.75) is 13.5 Å². The third-order valence-corrected chi connectivity index (χ3v) is 2.71. The highest BCUT2D eigenvalue weighted by atomic mass is 32.1. The van der Waals surface area contributed by atoms with Crippen LogP contribution >= 0.6 is 11.3 Å². The fourth-order valence-corrected chi connectivity index (χ4v) is 1.83. The van der Waals surface area contributed by atoms with Crippen LogP contribution in [0.4, 0.5) is 11.6 Å². The number of hydrogen-bond acceptors (Lipinski definition) is 5. The lowest BCUT2D eigenvalue weighted by molar-refractivity contribution is 1.04. The fraction of sp³-hybridized carbons (Fsp3) is 0.200. The van der Waals surface area contributed by atoms with E-state index in [4.69, 9.17) is 5.73 Å². The second kappa shape index (κ2) is 4.27. The highest BCUT2D eigenvalue weighted by Crippen LogP contribution is 2.11. The predicted octanol–water partition coefficient (Wildman–Crippen LogP) is 2.04. The Balaban J connectivity index is 1.99. The number of pyridine rings is 1. The molecule has 0 aliphatic rings. The molecule has 0 aliphatic heterocycles. The van der Waals surface area contributed by atoms with E-state index in [2.05, 4.69) is 15.3 Å². The Morgan fingerprint density at radius 1 is 1.40 bits per heavy atom. The molecule has 5 heteroatoms. The van der Waals surface area contributed by atoms with E-state index in [-0.39, 0.29) is 0 Å². The fourth-order valence-electron chi connectivity index (χ4n) is 1.22. The van der Waals surface area contributed by atoms with E-state index in [0.717, 1.165) is 16.5 Å². The zero-order chi connectivity index (χ0) is 10.7. The van der Waals surface area contributed by atoms with Crippen molar-refractivity contribution in [3.8, 4) is 0 Å². The summed E-state index contributed by atoms with van der Waals surface area (Å²) in [6.45, 7) is 2.67. The Morgan fingerprint density at radius 2 is 2.27 bits per heavy atom. The van der Waals surface area contributed by atoms with Gasteiger partial charge < -0.3 is 11.1 Å². The average Bonchev–Trinajstić information content (AvgIpc) is 2.62. The quantitative estimate of drug-likeness (QED) is 0.830. The van der Waals surface area contributed by atoms with Crippen LogP contribution in [-0.2, 0) is 6.54 Å². The summed E-state index contributed by atoms with van der Waals surface area (Å²) in [6.07, 6.45) is 0. The second-order valence-corrected chi connectivity index (χ2v) is 4.22. The Morgan fingerprint density at radius 3 is 2.93 bits per heavy atom. The number of nitrogen functional groups attached to an aromatic ring is 1. The topological polar surface area (TPSA) is 63.8 Å². The minimum atomic E-state index is 0.523. The number of aromatic nitrogens is 2. The van der Waals surface area contributed by atoms with Crippen molar-refractivity contribution in [3.63, 3.8) is 0 Å². The van der Waals surface area contributed by atoms with E-state index in [0.29, 0.717) is 12.4 Å². The normalized spacial score (nSPS) is 10.2. The maximum absolute atomic E-state index is 5.57. The van der Waals surface area contributed by atoms with Gasteiger partial charge in [-0.15, -0.1) is 11.3 Å². The third kappa shape index (κ3) is 2.66. The minimum absolute atomic E-state index is 0.523. The van der Waals surface area contributed by atoms with E-state index in [1.54, 1.807) is 17.4 Å². The minimum Gasteiger partial charge on any atom is -0.384 e. The molecule has 0 aromatic carbocycles. The summed E-state index contributed by atoms with van der Waals surface area (Å²) >= 11 is 1.65. The summed E-state index contributed by atoms with van der Waals surface area (Å²) in [7, 11) is 0. The molecular weight excluding hydrogens is 208 g/mol. The second-order valence-electron chi connectivity index (χ2n) is 3.16. The van der Waals surface area contributed by atoms with E-state index < -0.39 is 0 Å². The van der Waals surface area contributed by atoms with Crippen LogP contribution in [-0.4, -0.2) is 9.97 Å². The van der Waals surface area contributed by atoms with E-state index in [9.17, 15) is 0 Å². The molecule has 0 bridgehead atoms. The lowest BCUT2D eigenvalue weighted by atomic mass is 10.4. The molecule has 2 aromatic heterocycles. The summed E-state index contributed by atoms with van der Waals surface area (Å²) in [5.74, 6) is 1.30. The molecule has 0 saturated carbocycles. The first-order valence-corrected chi connectivity index (χ1v) is 5.49. The van der Waals surface area contributed by atoms with E-state index in [1.807, 2.05) is 24.4 Å². The van der Waals surface area contributed by atoms with Gasteiger partial charge in [-0.3, -0.25) is 0 Å². The van der Waals surface area contributed by atoms with Crippen molar-refractivity contribution >= 4 is 23.0 Å². The summed E-state index contributed by atoms with van der Waals surface area (Å²) in [6, 6.07) is 5.52. The SMILES string of the molecule is Cc1nc(CNc2cccc(N)n2)cs1. The van der Waals surface area contributed by atoms with Crippen molar-refractivity contribution in [1.82, 2.24) is 9.97 Å². The van der Waals surface area contributed by atoms with Gasteiger partial charge in [0.15, 0.2) is 0 Å². The molecule has 0 saturated heterocycles. The number of aryl methyl sites for hydroxylation is 1. The highest BCUT2D eigenvalue weighted by Gasteiger charge is 1.98. The first-order valence-electron chi connectivity index (χ1n) is 4.61. The Labute approximate surface area is 92.2 Å². The summed E-state index contributed by atoms with van der Waals surface area (Å²) in [5.41, 5.74) is 6.60. The van der Waals surface area contributed by atoms with Gasteiger partial charge in [-0.05, 0) is 19.1 Å². The van der Waals surface area contributed by atoms with Gasteiger partial charge in [0.05, 0.1) is 17.2 Å².